The molecule has 0 aromatic heterocycles. The Labute approximate surface area is 111 Å². The van der Waals surface area contributed by atoms with E-state index in [1.165, 1.54) is 38.5 Å². The lowest BCUT2D eigenvalue weighted by Gasteiger charge is -2.13. The molecule has 0 saturated heterocycles. The second kappa shape index (κ2) is 10.4. The van der Waals surface area contributed by atoms with Crippen LogP contribution in [-0.2, 0) is 0 Å². The smallest absolute Gasteiger partial charge is 0.0226 e. The molecule has 0 aromatic rings. The summed E-state index contributed by atoms with van der Waals surface area (Å²) >= 11 is 3.34. The third-order valence-electron chi connectivity index (χ3n) is 3.24. The van der Waals surface area contributed by atoms with E-state index in [9.17, 15) is 0 Å². The Morgan fingerprint density at radius 2 is 1.44 bits per heavy atom. The highest BCUT2D eigenvalue weighted by molar-refractivity contribution is 9.11. The van der Waals surface area contributed by atoms with Gasteiger partial charge in [0.25, 0.3) is 0 Å². The van der Waals surface area contributed by atoms with Crippen LogP contribution < -0.4 is 0 Å². The molecule has 0 rings (SSSR count). The van der Waals surface area contributed by atoms with Crippen molar-refractivity contribution < 1.29 is 0 Å². The zero-order valence-electron chi connectivity index (χ0n) is 11.5. The summed E-state index contributed by atoms with van der Waals surface area (Å²) in [5, 5.41) is 0. The second-order valence-corrected chi connectivity index (χ2v) is 6.19. The number of allylic oxidation sites excluding steroid dienone is 1. The van der Waals surface area contributed by atoms with Crippen LogP contribution in [0, 0.1) is 17.8 Å². The van der Waals surface area contributed by atoms with Crippen molar-refractivity contribution in [1.82, 2.24) is 0 Å². The highest BCUT2D eigenvalue weighted by Crippen LogP contribution is 2.19. The van der Waals surface area contributed by atoms with E-state index in [1.807, 2.05) is 4.99 Å². The van der Waals surface area contributed by atoms with Crippen LogP contribution in [0.3, 0.4) is 0 Å². The van der Waals surface area contributed by atoms with Crippen molar-refractivity contribution in [1.29, 1.82) is 0 Å². The highest BCUT2D eigenvalue weighted by Gasteiger charge is 2.04. The van der Waals surface area contributed by atoms with Gasteiger partial charge in [-0.05, 0) is 29.2 Å². The third-order valence-corrected chi connectivity index (χ3v) is 3.54. The Bertz CT molecular complexity index is 172. The van der Waals surface area contributed by atoms with E-state index in [4.69, 9.17) is 0 Å². The second-order valence-electron chi connectivity index (χ2n) is 5.66. The van der Waals surface area contributed by atoms with Gasteiger partial charge < -0.3 is 0 Å². The number of hydrogen-bond acceptors (Lipinski definition) is 0. The van der Waals surface area contributed by atoms with E-state index in [0.717, 1.165) is 17.8 Å². The first kappa shape index (κ1) is 16.2. The van der Waals surface area contributed by atoms with E-state index >= 15 is 0 Å². The van der Waals surface area contributed by atoms with Crippen molar-refractivity contribution in [2.24, 2.45) is 17.8 Å². The average Bonchev–Trinajstić information content (AvgIpc) is 2.17. The van der Waals surface area contributed by atoms with E-state index in [0.29, 0.717) is 0 Å². The molecule has 0 aliphatic rings. The minimum Gasteiger partial charge on any atom is -0.0748 e. The molecule has 16 heavy (non-hydrogen) atoms. The summed E-state index contributed by atoms with van der Waals surface area (Å²) in [6, 6.07) is 0. The average molecular weight is 289 g/mol. The van der Waals surface area contributed by atoms with Crippen LogP contribution in [0.25, 0.3) is 0 Å². The highest BCUT2D eigenvalue weighted by atomic mass is 79.9. The Morgan fingerprint density at radius 1 is 0.875 bits per heavy atom. The molecular formula is C15H29Br. The standard InChI is InChI=1S/C15H29Br/c1-13(2)7-5-8-14(3)9-6-10-15(4)11-12-16/h11-15H,5-10H2,1-4H3/t14-,15-/m1/s1. The van der Waals surface area contributed by atoms with Gasteiger partial charge in [0.1, 0.15) is 0 Å². The molecule has 96 valence electrons. The van der Waals surface area contributed by atoms with E-state index in [-0.39, 0.29) is 0 Å². The van der Waals surface area contributed by atoms with Gasteiger partial charge in [-0.1, -0.05) is 81.8 Å². The van der Waals surface area contributed by atoms with Crippen LogP contribution in [0.4, 0.5) is 0 Å². The van der Waals surface area contributed by atoms with Gasteiger partial charge in [-0.15, -0.1) is 0 Å². The van der Waals surface area contributed by atoms with Crippen LogP contribution in [0.2, 0.25) is 0 Å². The lowest BCUT2D eigenvalue weighted by molar-refractivity contribution is 0.413. The maximum absolute atomic E-state index is 3.34. The van der Waals surface area contributed by atoms with Crippen molar-refractivity contribution in [3.63, 3.8) is 0 Å². The van der Waals surface area contributed by atoms with Gasteiger partial charge >= 0.3 is 0 Å². The van der Waals surface area contributed by atoms with Gasteiger partial charge in [-0.3, -0.25) is 0 Å². The van der Waals surface area contributed by atoms with Crippen molar-refractivity contribution in [2.45, 2.75) is 66.2 Å². The third kappa shape index (κ3) is 10.7. The Morgan fingerprint density at radius 3 is 1.94 bits per heavy atom. The van der Waals surface area contributed by atoms with Crippen molar-refractivity contribution in [3.05, 3.63) is 11.1 Å². The zero-order chi connectivity index (χ0) is 12.4. The SMILES string of the molecule is CC(C)CCC[C@@H](C)CCC[C@@H](C)C=CBr. The molecule has 0 N–H and O–H groups in total. The van der Waals surface area contributed by atoms with Gasteiger partial charge in [-0.2, -0.15) is 0 Å². The minimum absolute atomic E-state index is 0.724. The lowest BCUT2D eigenvalue weighted by Crippen LogP contribution is -1.98. The van der Waals surface area contributed by atoms with E-state index in [2.05, 4.69) is 49.7 Å². The Hall–Kier alpha value is 0.220. The molecular weight excluding hydrogens is 260 g/mol. The number of rotatable bonds is 9. The number of hydrogen-bond donors (Lipinski definition) is 0. The molecule has 1 heteroatoms. The van der Waals surface area contributed by atoms with Gasteiger partial charge in [0.05, 0.1) is 0 Å². The summed E-state index contributed by atoms with van der Waals surface area (Å²) in [5.41, 5.74) is 0. The van der Waals surface area contributed by atoms with Gasteiger partial charge in [0.15, 0.2) is 0 Å². The maximum atomic E-state index is 3.34. The van der Waals surface area contributed by atoms with E-state index < -0.39 is 0 Å². The molecule has 0 nitrogen and oxygen atoms in total. The molecule has 0 unspecified atom stereocenters. The lowest BCUT2D eigenvalue weighted by atomic mass is 9.93. The molecule has 0 amide bonds. The molecule has 0 aliphatic heterocycles. The van der Waals surface area contributed by atoms with E-state index in [1.54, 1.807) is 0 Å². The van der Waals surface area contributed by atoms with Crippen LogP contribution >= 0.6 is 15.9 Å². The topological polar surface area (TPSA) is 0 Å². The van der Waals surface area contributed by atoms with Crippen molar-refractivity contribution >= 4 is 15.9 Å². The molecule has 0 heterocycles. The van der Waals surface area contributed by atoms with Crippen molar-refractivity contribution in [3.8, 4) is 0 Å². The summed E-state index contributed by atoms with van der Waals surface area (Å²) in [5.74, 6) is 2.51. The first-order chi connectivity index (χ1) is 7.56. The predicted octanol–water partition coefficient (Wildman–Crippen LogP) is 6.16. The molecule has 0 saturated carbocycles. The van der Waals surface area contributed by atoms with Gasteiger partial charge in [0.2, 0.25) is 0 Å². The molecule has 0 aromatic carbocycles. The predicted molar refractivity (Wildman–Crippen MR) is 78.9 cm³/mol. The van der Waals surface area contributed by atoms with Crippen LogP contribution in [-0.4, -0.2) is 0 Å². The van der Waals surface area contributed by atoms with Crippen LogP contribution in [0.5, 0.6) is 0 Å². The monoisotopic (exact) mass is 288 g/mol. The fourth-order valence-electron chi connectivity index (χ4n) is 2.03. The molecule has 0 spiro atoms. The van der Waals surface area contributed by atoms with Crippen LogP contribution in [0.1, 0.15) is 66.2 Å². The molecule has 0 bridgehead atoms. The normalized spacial score (nSPS) is 15.9. The maximum Gasteiger partial charge on any atom is -0.0226 e. The molecule has 0 fully saturated rings. The fraction of sp³-hybridized carbons (Fsp3) is 0.867. The largest absolute Gasteiger partial charge is 0.0748 e. The first-order valence-electron chi connectivity index (χ1n) is 6.83. The Balaban J connectivity index is 3.39. The van der Waals surface area contributed by atoms with Gasteiger partial charge in [0, 0.05) is 0 Å². The summed E-state index contributed by atoms with van der Waals surface area (Å²) in [6.45, 7) is 9.34. The molecule has 0 radical (unpaired) electrons. The quantitative estimate of drug-likeness (QED) is 0.476. The first-order valence-corrected chi connectivity index (χ1v) is 7.74. The summed E-state index contributed by atoms with van der Waals surface area (Å²) in [7, 11) is 0. The van der Waals surface area contributed by atoms with Gasteiger partial charge in [-0.25, -0.2) is 0 Å². The molecule has 2 atom stereocenters. The van der Waals surface area contributed by atoms with Crippen LogP contribution in [0.15, 0.2) is 11.1 Å². The zero-order valence-corrected chi connectivity index (χ0v) is 13.1. The Kier molecular flexibility index (Phi) is 10.5. The van der Waals surface area contributed by atoms with Crippen molar-refractivity contribution in [2.75, 3.05) is 0 Å². The summed E-state index contributed by atoms with van der Waals surface area (Å²) < 4.78 is 0. The fourth-order valence-corrected chi connectivity index (χ4v) is 2.55. The molecule has 0 aliphatic carbocycles. The number of halogens is 1. The minimum atomic E-state index is 0.724. The summed E-state index contributed by atoms with van der Waals surface area (Å²) in [6.07, 6.45) is 10.6. The summed E-state index contributed by atoms with van der Waals surface area (Å²) in [4.78, 5) is 1.99.